The third-order valence-electron chi connectivity index (χ3n) is 20.9. The van der Waals surface area contributed by atoms with Gasteiger partial charge in [-0.05, 0) is 176 Å². The minimum absolute atomic E-state index is 0.00139. The Hall–Kier alpha value is -3.25. The fourth-order valence-corrected chi connectivity index (χ4v) is 16.2. The number of rotatable bonds is 7. The van der Waals surface area contributed by atoms with E-state index in [0.717, 1.165) is 6.42 Å². The molecular formula is C68H91BINO. The minimum atomic E-state index is -0.0295. The molecule has 3 aromatic carbocycles. The largest absolute Gasteiger partial charge is 0.498 e. The van der Waals surface area contributed by atoms with Crippen molar-refractivity contribution in [1.82, 2.24) is 0 Å². The van der Waals surface area contributed by atoms with Gasteiger partial charge in [0.15, 0.2) is 0 Å². The average molecular weight is 1080 g/mol. The zero-order valence-corrected chi connectivity index (χ0v) is 50.5. The SMILES string of the molecule is CCC(C)(C)C1OC=C(B2C(/C=C3\C(I)C(C)(C)CCC3(C)C)=C(C)N(c3ccc4c(c3)C(C)(C)CCC4(C)C)c3cc(-c4cc5c(cc4C46C=CC=CC4C6)C(C)(C)CCC5(C)C)ccc32)C1C(C)(C)C. The zero-order chi connectivity index (χ0) is 52.3. The molecule has 0 spiro atoms. The van der Waals surface area contributed by atoms with Crippen molar-refractivity contribution in [3.05, 3.63) is 135 Å². The van der Waals surface area contributed by atoms with Gasteiger partial charge in [-0.1, -0.05) is 214 Å². The number of halogens is 1. The number of allylic oxidation sites excluding steroid dienone is 8. The number of hydrogen-bond acceptors (Lipinski definition) is 2. The highest BCUT2D eigenvalue weighted by molar-refractivity contribution is 14.1. The molecule has 5 unspecified atom stereocenters. The standard InChI is InChI=1S/C68H91BINO/c1-20-61(6,7)59-57(60(3,4)5)55(41-72-59)69-53-27-24-43(46-37-50-51(65(14,15)32-31-64(50,12)13)38-48(46)68-28-22-21-23-44(68)40-68)35-56(53)71(45-25-26-47-49(36-45)63(10,11)30-29-62(47,8)9)42(2)54(69)39-52-58(70)67(18,19)34-33-66(52,16)17/h21-28,35-39,41,44,57-59H,20,29-34,40H2,1-19H3/b52-39+. The molecule has 0 aromatic heterocycles. The lowest BCUT2D eigenvalue weighted by atomic mass is 9.31. The van der Waals surface area contributed by atoms with Gasteiger partial charge in [0.1, 0.15) is 6.10 Å². The Morgan fingerprint density at radius 2 is 1.29 bits per heavy atom. The van der Waals surface area contributed by atoms with E-state index in [4.69, 9.17) is 4.74 Å². The first-order chi connectivity index (χ1) is 33.3. The third kappa shape index (κ3) is 8.28. The van der Waals surface area contributed by atoms with Crippen LogP contribution in [0.3, 0.4) is 0 Å². The highest BCUT2D eigenvalue weighted by Gasteiger charge is 2.56. The first kappa shape index (κ1) is 52.2. The first-order valence-electron chi connectivity index (χ1n) is 28.4. The van der Waals surface area contributed by atoms with Crippen LogP contribution >= 0.6 is 22.6 Å². The van der Waals surface area contributed by atoms with Gasteiger partial charge in [-0.15, -0.1) is 0 Å². The number of anilines is 2. The summed E-state index contributed by atoms with van der Waals surface area (Å²) in [6, 6.07) is 20.8. The molecule has 7 aliphatic rings. The third-order valence-corrected chi connectivity index (χ3v) is 23.2. The molecule has 4 heteroatoms. The Kier molecular flexibility index (Phi) is 12.2. The lowest BCUT2D eigenvalue weighted by Crippen LogP contribution is -2.50. The summed E-state index contributed by atoms with van der Waals surface area (Å²) in [6.45, 7) is 47.1. The van der Waals surface area contributed by atoms with Gasteiger partial charge in [0.2, 0.25) is 6.71 Å². The van der Waals surface area contributed by atoms with E-state index in [9.17, 15) is 0 Å². The second-order valence-electron chi connectivity index (χ2n) is 30.1. The second-order valence-corrected chi connectivity index (χ2v) is 31.3. The maximum Gasteiger partial charge on any atom is 0.246 e. The van der Waals surface area contributed by atoms with Gasteiger partial charge >= 0.3 is 0 Å². The van der Waals surface area contributed by atoms with Crippen LogP contribution in [0.5, 0.6) is 0 Å². The van der Waals surface area contributed by atoms with Gasteiger partial charge in [0.25, 0.3) is 0 Å². The summed E-state index contributed by atoms with van der Waals surface area (Å²) in [7, 11) is 0. The monoisotopic (exact) mass is 1080 g/mol. The fourth-order valence-electron chi connectivity index (χ4n) is 14.9. The lowest BCUT2D eigenvalue weighted by Gasteiger charge is -2.47. The van der Waals surface area contributed by atoms with Gasteiger partial charge < -0.3 is 9.64 Å². The number of ether oxygens (including phenoxy) is 1. The molecular weight excluding hydrogens is 984 g/mol. The topological polar surface area (TPSA) is 12.5 Å². The Labute approximate surface area is 452 Å². The van der Waals surface area contributed by atoms with Gasteiger partial charge in [-0.3, -0.25) is 0 Å². The molecule has 2 heterocycles. The van der Waals surface area contributed by atoms with E-state index in [2.05, 4.69) is 244 Å². The minimum Gasteiger partial charge on any atom is -0.498 e. The molecule has 0 bridgehead atoms. The van der Waals surface area contributed by atoms with Crippen LogP contribution in [0.2, 0.25) is 0 Å². The molecule has 3 aromatic rings. The van der Waals surface area contributed by atoms with Crippen molar-refractivity contribution in [3.63, 3.8) is 0 Å². The summed E-state index contributed by atoms with van der Waals surface area (Å²) in [6.07, 6.45) is 24.2. The highest BCUT2D eigenvalue weighted by atomic mass is 127. The molecule has 0 amide bonds. The molecule has 0 N–H and O–H groups in total. The van der Waals surface area contributed by atoms with Crippen molar-refractivity contribution in [2.45, 2.75) is 220 Å². The summed E-state index contributed by atoms with van der Waals surface area (Å²) < 4.78 is 7.57. The predicted molar refractivity (Wildman–Crippen MR) is 320 cm³/mol. The summed E-state index contributed by atoms with van der Waals surface area (Å²) in [5, 5.41) is 0. The molecule has 2 aliphatic heterocycles. The van der Waals surface area contributed by atoms with Crippen molar-refractivity contribution in [2.24, 2.45) is 33.5 Å². The zero-order valence-electron chi connectivity index (χ0n) is 48.4. The summed E-state index contributed by atoms with van der Waals surface area (Å²) in [5.41, 5.74) is 20.9. The highest BCUT2D eigenvalue weighted by Crippen LogP contribution is 2.62. The Balaban J connectivity index is 1.29. The molecule has 384 valence electrons. The van der Waals surface area contributed by atoms with Crippen molar-refractivity contribution >= 4 is 46.1 Å². The van der Waals surface area contributed by atoms with Gasteiger partial charge in [0.05, 0.1) is 6.26 Å². The number of fused-ring (bicyclic) bond motifs is 4. The fraction of sp³-hybridized carbons (Fsp3) is 0.588. The van der Waals surface area contributed by atoms with E-state index in [1.54, 1.807) is 11.1 Å². The van der Waals surface area contributed by atoms with Crippen LogP contribution in [0.4, 0.5) is 11.4 Å². The van der Waals surface area contributed by atoms with Crippen LogP contribution in [-0.4, -0.2) is 16.7 Å². The van der Waals surface area contributed by atoms with Gasteiger partial charge in [-0.25, -0.2) is 0 Å². The molecule has 5 aliphatic carbocycles. The van der Waals surface area contributed by atoms with E-state index in [1.807, 2.05) is 0 Å². The average Bonchev–Trinajstić information content (AvgIpc) is 3.88. The van der Waals surface area contributed by atoms with Crippen LogP contribution in [0.15, 0.2) is 107 Å². The van der Waals surface area contributed by atoms with E-state index >= 15 is 0 Å². The first-order valence-corrected chi connectivity index (χ1v) is 29.6. The second kappa shape index (κ2) is 16.9. The molecule has 10 rings (SSSR count). The smallest absolute Gasteiger partial charge is 0.246 e. The van der Waals surface area contributed by atoms with Gasteiger partial charge in [-0.2, -0.15) is 0 Å². The van der Waals surface area contributed by atoms with E-state index in [0.29, 0.717) is 9.84 Å². The quantitative estimate of drug-likeness (QED) is 0.133. The van der Waals surface area contributed by atoms with E-state index in [1.165, 1.54) is 112 Å². The normalized spacial score (nSPS) is 29.8. The molecule has 2 nitrogen and oxygen atoms in total. The Morgan fingerprint density at radius 1 is 0.694 bits per heavy atom. The van der Waals surface area contributed by atoms with Crippen LogP contribution in [-0.2, 0) is 31.8 Å². The maximum atomic E-state index is 7.16. The molecule has 2 saturated carbocycles. The summed E-state index contributed by atoms with van der Waals surface area (Å²) in [5.74, 6) is 0.770. The number of alkyl halides is 1. The van der Waals surface area contributed by atoms with Crippen molar-refractivity contribution in [2.75, 3.05) is 4.90 Å². The molecule has 0 saturated heterocycles. The number of benzene rings is 3. The lowest BCUT2D eigenvalue weighted by molar-refractivity contribution is -0.00966. The molecule has 2 fully saturated rings. The molecule has 0 radical (unpaired) electrons. The van der Waals surface area contributed by atoms with Crippen LogP contribution in [0.25, 0.3) is 11.1 Å². The van der Waals surface area contributed by atoms with Crippen molar-refractivity contribution in [1.29, 1.82) is 0 Å². The van der Waals surface area contributed by atoms with Crippen LogP contribution < -0.4 is 10.4 Å². The van der Waals surface area contributed by atoms with Crippen LogP contribution in [0, 0.1) is 33.5 Å². The van der Waals surface area contributed by atoms with Crippen molar-refractivity contribution < 1.29 is 4.74 Å². The number of hydrogen-bond donors (Lipinski definition) is 0. The van der Waals surface area contributed by atoms with Gasteiger partial charge in [0, 0.05) is 37.7 Å². The predicted octanol–water partition coefficient (Wildman–Crippen LogP) is 18.6. The molecule has 5 atom stereocenters. The van der Waals surface area contributed by atoms with Crippen LogP contribution in [0.1, 0.15) is 211 Å². The molecule has 72 heavy (non-hydrogen) atoms. The summed E-state index contributed by atoms with van der Waals surface area (Å²) >= 11 is 2.83. The van der Waals surface area contributed by atoms with E-state index < -0.39 is 0 Å². The van der Waals surface area contributed by atoms with E-state index in [-0.39, 0.29) is 67.5 Å². The summed E-state index contributed by atoms with van der Waals surface area (Å²) in [4.78, 5) is 2.73. The van der Waals surface area contributed by atoms with Crippen molar-refractivity contribution in [3.8, 4) is 11.1 Å². The Bertz CT molecular complexity index is 2880. The Morgan fingerprint density at radius 3 is 1.90 bits per heavy atom. The maximum absolute atomic E-state index is 7.16. The number of nitrogens with zero attached hydrogens (tertiary/aromatic N) is 1.